The fourth-order valence-electron chi connectivity index (χ4n) is 2.85. The molecule has 0 aliphatic carbocycles. The number of benzene rings is 2. The predicted octanol–water partition coefficient (Wildman–Crippen LogP) is 2.46. The molecule has 3 aromatic rings. The first-order valence-electron chi connectivity index (χ1n) is 8.48. The van der Waals surface area contributed by atoms with Crippen molar-refractivity contribution in [1.29, 1.82) is 0 Å². The fraction of sp³-hybridized carbons (Fsp3) is 0.200. The molecule has 4 N–H and O–H groups in total. The standard InChI is InChI=1S/C20H21N3O3/c24-19(23-26)10-9-14-5-7-15(8-6-14)12-22-20(25)11-16-13-21-18-4-2-1-3-17(16)18/h1-8,13,21,26H,9-12H2,(H,22,25)(H,23,24). The number of fused-ring (bicyclic) bond motifs is 1. The lowest BCUT2D eigenvalue weighted by Crippen LogP contribution is -2.24. The summed E-state index contributed by atoms with van der Waals surface area (Å²) in [5.74, 6) is -0.433. The summed E-state index contributed by atoms with van der Waals surface area (Å²) in [6.45, 7) is 0.457. The Hall–Kier alpha value is -3.12. The first kappa shape index (κ1) is 17.7. The maximum Gasteiger partial charge on any atom is 0.243 e. The van der Waals surface area contributed by atoms with Gasteiger partial charge in [-0.25, -0.2) is 5.48 Å². The van der Waals surface area contributed by atoms with Crippen LogP contribution >= 0.6 is 0 Å². The van der Waals surface area contributed by atoms with Crippen molar-refractivity contribution in [3.05, 3.63) is 71.4 Å². The quantitative estimate of drug-likeness (QED) is 0.389. The van der Waals surface area contributed by atoms with E-state index in [1.165, 1.54) is 0 Å². The molecule has 6 heteroatoms. The zero-order chi connectivity index (χ0) is 18.4. The molecule has 0 saturated heterocycles. The van der Waals surface area contributed by atoms with Gasteiger partial charge in [0, 0.05) is 30.1 Å². The van der Waals surface area contributed by atoms with Gasteiger partial charge in [0.05, 0.1) is 6.42 Å². The molecule has 1 aromatic heterocycles. The van der Waals surface area contributed by atoms with Crippen LogP contribution in [-0.4, -0.2) is 22.0 Å². The number of hydroxylamine groups is 1. The number of carbonyl (C=O) groups excluding carboxylic acids is 2. The Balaban J connectivity index is 1.50. The van der Waals surface area contributed by atoms with Crippen LogP contribution in [0.15, 0.2) is 54.7 Å². The van der Waals surface area contributed by atoms with E-state index < -0.39 is 5.91 Å². The average Bonchev–Trinajstić information content (AvgIpc) is 3.08. The van der Waals surface area contributed by atoms with E-state index in [4.69, 9.17) is 5.21 Å². The maximum atomic E-state index is 12.2. The summed E-state index contributed by atoms with van der Waals surface area (Å²) in [5.41, 5.74) is 5.63. The van der Waals surface area contributed by atoms with E-state index in [1.807, 2.05) is 54.7 Å². The van der Waals surface area contributed by atoms with E-state index in [2.05, 4.69) is 10.3 Å². The fourth-order valence-corrected chi connectivity index (χ4v) is 2.85. The summed E-state index contributed by atoms with van der Waals surface area (Å²) in [7, 11) is 0. The van der Waals surface area contributed by atoms with Gasteiger partial charge in [-0.2, -0.15) is 0 Å². The highest BCUT2D eigenvalue weighted by Gasteiger charge is 2.08. The van der Waals surface area contributed by atoms with Gasteiger partial charge < -0.3 is 10.3 Å². The van der Waals surface area contributed by atoms with Gasteiger partial charge in [0.15, 0.2) is 0 Å². The van der Waals surface area contributed by atoms with Crippen LogP contribution in [0, 0.1) is 0 Å². The van der Waals surface area contributed by atoms with Gasteiger partial charge in [-0.3, -0.25) is 14.8 Å². The highest BCUT2D eigenvalue weighted by atomic mass is 16.5. The molecule has 2 aromatic carbocycles. The summed E-state index contributed by atoms with van der Waals surface area (Å²) < 4.78 is 0. The molecule has 26 heavy (non-hydrogen) atoms. The Labute approximate surface area is 151 Å². The summed E-state index contributed by atoms with van der Waals surface area (Å²) in [5, 5.41) is 12.5. The highest BCUT2D eigenvalue weighted by Crippen LogP contribution is 2.18. The molecule has 0 fully saturated rings. The zero-order valence-corrected chi connectivity index (χ0v) is 14.3. The van der Waals surface area contributed by atoms with Gasteiger partial charge in [0.25, 0.3) is 0 Å². The second kappa shape index (κ2) is 8.31. The number of aromatic nitrogens is 1. The van der Waals surface area contributed by atoms with E-state index in [0.29, 0.717) is 19.4 Å². The van der Waals surface area contributed by atoms with Gasteiger partial charge in [-0.05, 0) is 29.2 Å². The molecular weight excluding hydrogens is 330 g/mol. The number of para-hydroxylation sites is 1. The lowest BCUT2D eigenvalue weighted by molar-refractivity contribution is -0.129. The number of H-pyrrole nitrogens is 1. The highest BCUT2D eigenvalue weighted by molar-refractivity contribution is 5.88. The summed E-state index contributed by atoms with van der Waals surface area (Å²) in [6, 6.07) is 15.6. The molecule has 0 unspecified atom stereocenters. The Morgan fingerprint density at radius 2 is 1.69 bits per heavy atom. The van der Waals surface area contributed by atoms with Crippen molar-refractivity contribution in [2.24, 2.45) is 0 Å². The van der Waals surface area contributed by atoms with Gasteiger partial charge >= 0.3 is 0 Å². The van der Waals surface area contributed by atoms with Crippen LogP contribution in [-0.2, 0) is 29.0 Å². The Kier molecular flexibility index (Phi) is 5.66. The van der Waals surface area contributed by atoms with Crippen LogP contribution < -0.4 is 10.8 Å². The van der Waals surface area contributed by atoms with Gasteiger partial charge in [-0.15, -0.1) is 0 Å². The van der Waals surface area contributed by atoms with Crippen LogP contribution in [0.5, 0.6) is 0 Å². The number of carbonyl (C=O) groups is 2. The SMILES string of the molecule is O=C(CCc1ccc(CNC(=O)Cc2c[nH]c3ccccc23)cc1)NO. The molecular formula is C20H21N3O3. The lowest BCUT2D eigenvalue weighted by Gasteiger charge is -2.06. The largest absolute Gasteiger partial charge is 0.361 e. The Morgan fingerprint density at radius 1 is 0.962 bits per heavy atom. The smallest absolute Gasteiger partial charge is 0.243 e. The summed E-state index contributed by atoms with van der Waals surface area (Å²) in [4.78, 5) is 26.4. The van der Waals surface area contributed by atoms with Crippen molar-refractivity contribution in [2.75, 3.05) is 0 Å². The van der Waals surface area contributed by atoms with Gasteiger partial charge in [0.1, 0.15) is 0 Å². The molecule has 6 nitrogen and oxygen atoms in total. The monoisotopic (exact) mass is 351 g/mol. The Morgan fingerprint density at radius 3 is 2.46 bits per heavy atom. The lowest BCUT2D eigenvalue weighted by atomic mass is 10.1. The first-order chi connectivity index (χ1) is 12.7. The second-order valence-corrected chi connectivity index (χ2v) is 6.16. The molecule has 0 spiro atoms. The molecule has 0 bridgehead atoms. The second-order valence-electron chi connectivity index (χ2n) is 6.16. The van der Waals surface area contributed by atoms with Crippen molar-refractivity contribution in [2.45, 2.75) is 25.8 Å². The van der Waals surface area contributed by atoms with Crippen LogP contribution in [0.3, 0.4) is 0 Å². The topological polar surface area (TPSA) is 94.2 Å². The minimum Gasteiger partial charge on any atom is -0.361 e. The van der Waals surface area contributed by atoms with Crippen molar-refractivity contribution in [3.8, 4) is 0 Å². The minimum atomic E-state index is -0.404. The number of hydrogen-bond acceptors (Lipinski definition) is 3. The number of aryl methyl sites for hydroxylation is 1. The molecule has 2 amide bonds. The number of aromatic amines is 1. The molecule has 0 radical (unpaired) electrons. The Bertz CT molecular complexity index is 900. The third-order valence-corrected chi connectivity index (χ3v) is 4.30. The molecule has 0 aliphatic heterocycles. The third-order valence-electron chi connectivity index (χ3n) is 4.30. The van der Waals surface area contributed by atoms with E-state index in [0.717, 1.165) is 27.6 Å². The number of nitrogens with one attached hydrogen (secondary N) is 3. The maximum absolute atomic E-state index is 12.2. The normalized spacial score (nSPS) is 10.7. The predicted molar refractivity (Wildman–Crippen MR) is 98.5 cm³/mol. The van der Waals surface area contributed by atoms with Crippen LogP contribution in [0.4, 0.5) is 0 Å². The summed E-state index contributed by atoms with van der Waals surface area (Å²) >= 11 is 0. The molecule has 0 atom stereocenters. The van der Waals surface area contributed by atoms with Crippen LogP contribution in [0.25, 0.3) is 10.9 Å². The average molecular weight is 351 g/mol. The minimum absolute atomic E-state index is 0.0292. The number of amides is 2. The van der Waals surface area contributed by atoms with E-state index in [9.17, 15) is 9.59 Å². The van der Waals surface area contributed by atoms with Crippen molar-refractivity contribution in [3.63, 3.8) is 0 Å². The van der Waals surface area contributed by atoms with Crippen molar-refractivity contribution in [1.82, 2.24) is 15.8 Å². The number of rotatable bonds is 7. The van der Waals surface area contributed by atoms with Crippen molar-refractivity contribution < 1.29 is 14.8 Å². The van der Waals surface area contributed by atoms with Gasteiger partial charge in [-0.1, -0.05) is 42.5 Å². The van der Waals surface area contributed by atoms with E-state index in [1.54, 1.807) is 5.48 Å². The molecule has 3 rings (SSSR count). The summed E-state index contributed by atoms with van der Waals surface area (Å²) in [6.07, 6.45) is 3.00. The van der Waals surface area contributed by atoms with Gasteiger partial charge in [0.2, 0.25) is 11.8 Å². The van der Waals surface area contributed by atoms with Crippen LogP contribution in [0.2, 0.25) is 0 Å². The van der Waals surface area contributed by atoms with E-state index >= 15 is 0 Å². The molecule has 1 heterocycles. The third kappa shape index (κ3) is 4.49. The molecule has 134 valence electrons. The number of hydrogen-bond donors (Lipinski definition) is 4. The zero-order valence-electron chi connectivity index (χ0n) is 14.3. The molecule has 0 saturated carbocycles. The van der Waals surface area contributed by atoms with Crippen molar-refractivity contribution >= 4 is 22.7 Å². The molecule has 0 aliphatic rings. The van der Waals surface area contributed by atoms with Crippen LogP contribution in [0.1, 0.15) is 23.1 Å². The first-order valence-corrected chi connectivity index (χ1v) is 8.48. The van der Waals surface area contributed by atoms with E-state index in [-0.39, 0.29) is 12.3 Å².